The summed E-state index contributed by atoms with van der Waals surface area (Å²) in [7, 11) is 0. The van der Waals surface area contributed by atoms with Crippen molar-refractivity contribution in [1.82, 2.24) is 10.3 Å². The molecule has 1 heterocycles. The van der Waals surface area contributed by atoms with Gasteiger partial charge in [-0.15, -0.1) is 0 Å². The van der Waals surface area contributed by atoms with Gasteiger partial charge < -0.3 is 10.3 Å². The molecule has 3 nitrogen and oxygen atoms in total. The van der Waals surface area contributed by atoms with Gasteiger partial charge in [0.15, 0.2) is 0 Å². The normalized spacial score (nSPS) is 10.2. The van der Waals surface area contributed by atoms with Gasteiger partial charge in [0.25, 0.3) is 5.91 Å². The van der Waals surface area contributed by atoms with E-state index in [1.165, 1.54) is 11.1 Å². The molecule has 4 heteroatoms. The maximum atomic E-state index is 12.0. The molecule has 0 aliphatic carbocycles. The van der Waals surface area contributed by atoms with Crippen molar-refractivity contribution < 1.29 is 4.79 Å². The highest BCUT2D eigenvalue weighted by Gasteiger charge is 2.07. The summed E-state index contributed by atoms with van der Waals surface area (Å²) >= 11 is 5.09. The number of nitrogens with one attached hydrogen (secondary N) is 2. The number of amides is 1. The summed E-state index contributed by atoms with van der Waals surface area (Å²) in [5.74, 6) is -0.151. The molecule has 1 aromatic heterocycles. The minimum absolute atomic E-state index is 0.151. The van der Waals surface area contributed by atoms with Crippen molar-refractivity contribution >= 4 is 18.1 Å². The van der Waals surface area contributed by atoms with Gasteiger partial charge in [0.2, 0.25) is 0 Å². The Morgan fingerprint density at radius 1 is 1.32 bits per heavy atom. The van der Waals surface area contributed by atoms with Crippen LogP contribution in [0.1, 0.15) is 27.0 Å². The van der Waals surface area contributed by atoms with Crippen LogP contribution in [0.15, 0.2) is 36.5 Å². The highest BCUT2D eigenvalue weighted by atomic mass is 32.1. The first-order valence-electron chi connectivity index (χ1n) is 6.10. The van der Waals surface area contributed by atoms with E-state index < -0.39 is 0 Å². The van der Waals surface area contributed by atoms with Gasteiger partial charge >= 0.3 is 0 Å². The number of hydrogen-bond donors (Lipinski definition) is 2. The third-order valence-corrected chi connectivity index (χ3v) is 3.34. The zero-order valence-electron chi connectivity index (χ0n) is 11.0. The second kappa shape index (κ2) is 5.80. The third-order valence-electron chi connectivity index (χ3n) is 3.00. The number of rotatable bonds is 3. The van der Waals surface area contributed by atoms with Gasteiger partial charge in [-0.05, 0) is 37.1 Å². The molecule has 0 radical (unpaired) electrons. The van der Waals surface area contributed by atoms with Gasteiger partial charge in [0.1, 0.15) is 4.64 Å². The first kappa shape index (κ1) is 13.5. The highest BCUT2D eigenvalue weighted by Crippen LogP contribution is 2.10. The average molecular weight is 272 g/mol. The van der Waals surface area contributed by atoms with Crippen molar-refractivity contribution in [2.75, 3.05) is 0 Å². The van der Waals surface area contributed by atoms with Gasteiger partial charge in [-0.25, -0.2) is 0 Å². The van der Waals surface area contributed by atoms with E-state index in [4.69, 9.17) is 12.2 Å². The Morgan fingerprint density at radius 2 is 2.11 bits per heavy atom. The maximum Gasteiger partial charge on any atom is 0.254 e. The molecule has 0 aliphatic rings. The Labute approximate surface area is 117 Å². The van der Waals surface area contributed by atoms with Crippen LogP contribution in [-0.4, -0.2) is 10.9 Å². The fraction of sp³-hybridized carbons (Fsp3) is 0.200. The molecule has 0 atom stereocenters. The van der Waals surface area contributed by atoms with Crippen molar-refractivity contribution in [3.63, 3.8) is 0 Å². The molecule has 0 bridgehead atoms. The minimum atomic E-state index is -0.151. The molecule has 0 saturated heterocycles. The highest BCUT2D eigenvalue weighted by molar-refractivity contribution is 7.71. The summed E-state index contributed by atoms with van der Waals surface area (Å²) in [4.78, 5) is 14.9. The van der Waals surface area contributed by atoms with Crippen molar-refractivity contribution in [1.29, 1.82) is 0 Å². The predicted octanol–water partition coefficient (Wildman–Crippen LogP) is 3.29. The second-order valence-electron chi connectivity index (χ2n) is 4.53. The molecular weight excluding hydrogens is 256 g/mol. The van der Waals surface area contributed by atoms with Crippen LogP contribution in [0.2, 0.25) is 0 Å². The zero-order chi connectivity index (χ0) is 13.8. The number of H-pyrrole nitrogens is 1. The van der Waals surface area contributed by atoms with Crippen LogP contribution in [0.3, 0.4) is 0 Å². The monoisotopic (exact) mass is 272 g/mol. The smallest absolute Gasteiger partial charge is 0.254 e. The minimum Gasteiger partial charge on any atom is -0.352 e. The van der Waals surface area contributed by atoms with Crippen molar-refractivity contribution in [2.45, 2.75) is 20.4 Å². The molecule has 19 heavy (non-hydrogen) atoms. The molecule has 0 saturated carbocycles. The lowest BCUT2D eigenvalue weighted by molar-refractivity contribution is 0.0950. The van der Waals surface area contributed by atoms with Crippen molar-refractivity contribution in [2.24, 2.45) is 0 Å². The fourth-order valence-corrected chi connectivity index (χ4v) is 2.14. The lowest BCUT2D eigenvalue weighted by Gasteiger charge is -2.09. The van der Waals surface area contributed by atoms with Crippen LogP contribution in [0.4, 0.5) is 0 Å². The number of carbonyl (C=O) groups is 1. The maximum absolute atomic E-state index is 12.0. The number of carbonyl (C=O) groups excluding carboxylic acids is 1. The van der Waals surface area contributed by atoms with Gasteiger partial charge in [-0.3, -0.25) is 4.79 Å². The van der Waals surface area contributed by atoms with E-state index in [1.54, 1.807) is 18.3 Å². The quantitative estimate of drug-likeness (QED) is 0.842. The largest absolute Gasteiger partial charge is 0.352 e. The number of aromatic nitrogens is 1. The molecule has 0 spiro atoms. The summed E-state index contributed by atoms with van der Waals surface area (Å²) in [6.45, 7) is 4.61. The van der Waals surface area contributed by atoms with Crippen LogP contribution < -0.4 is 5.32 Å². The molecule has 1 aromatic carbocycles. The third kappa shape index (κ3) is 3.29. The molecule has 0 fully saturated rings. The molecule has 0 unspecified atom stereocenters. The van der Waals surface area contributed by atoms with E-state index in [0.717, 1.165) is 5.56 Å². The van der Waals surface area contributed by atoms with Crippen LogP contribution >= 0.6 is 12.2 Å². The molecule has 98 valence electrons. The van der Waals surface area contributed by atoms with Crippen LogP contribution in [0, 0.1) is 18.5 Å². The number of pyridine rings is 1. The molecule has 1 amide bonds. The Morgan fingerprint density at radius 3 is 2.79 bits per heavy atom. The first-order valence-corrected chi connectivity index (χ1v) is 6.51. The topological polar surface area (TPSA) is 44.9 Å². The Bertz CT molecular complexity index is 661. The van der Waals surface area contributed by atoms with Crippen molar-refractivity contribution in [3.8, 4) is 0 Å². The first-order chi connectivity index (χ1) is 9.08. The van der Waals surface area contributed by atoms with E-state index in [1.807, 2.05) is 19.1 Å². The Balaban J connectivity index is 2.09. The van der Waals surface area contributed by atoms with Crippen LogP contribution in [-0.2, 0) is 6.54 Å². The summed E-state index contributed by atoms with van der Waals surface area (Å²) in [6.07, 6.45) is 1.71. The lowest BCUT2D eigenvalue weighted by atomic mass is 10.1. The Hall–Kier alpha value is -1.94. The summed E-state index contributed by atoms with van der Waals surface area (Å²) < 4.78 is 0.459. The van der Waals surface area contributed by atoms with Crippen LogP contribution in [0.5, 0.6) is 0 Å². The van der Waals surface area contributed by atoms with E-state index in [9.17, 15) is 4.79 Å². The summed E-state index contributed by atoms with van der Waals surface area (Å²) in [5, 5.41) is 2.89. The fourth-order valence-electron chi connectivity index (χ4n) is 1.92. The molecular formula is C15H16N2OS. The molecule has 2 aromatic rings. The lowest BCUT2D eigenvalue weighted by Crippen LogP contribution is -2.23. The number of benzene rings is 1. The molecule has 2 rings (SSSR count). The number of aromatic amines is 1. The van der Waals surface area contributed by atoms with Gasteiger partial charge in [0, 0.05) is 12.7 Å². The van der Waals surface area contributed by atoms with E-state index in [0.29, 0.717) is 16.7 Å². The predicted molar refractivity (Wildman–Crippen MR) is 78.7 cm³/mol. The van der Waals surface area contributed by atoms with E-state index >= 15 is 0 Å². The Kier molecular flexibility index (Phi) is 4.12. The summed E-state index contributed by atoms with van der Waals surface area (Å²) in [5.41, 5.74) is 4.02. The van der Waals surface area contributed by atoms with Gasteiger partial charge in [-0.1, -0.05) is 36.0 Å². The number of aryl methyl sites for hydroxylation is 2. The van der Waals surface area contributed by atoms with Crippen molar-refractivity contribution in [3.05, 3.63) is 63.4 Å². The second-order valence-corrected chi connectivity index (χ2v) is 4.93. The van der Waals surface area contributed by atoms with Gasteiger partial charge in [0.05, 0.1) is 5.56 Å². The van der Waals surface area contributed by atoms with Gasteiger partial charge in [-0.2, -0.15) is 0 Å². The molecule has 2 N–H and O–H groups in total. The summed E-state index contributed by atoms with van der Waals surface area (Å²) in [6, 6.07) is 9.67. The van der Waals surface area contributed by atoms with Crippen LogP contribution in [0.25, 0.3) is 0 Å². The zero-order valence-corrected chi connectivity index (χ0v) is 11.8. The molecule has 0 aliphatic heterocycles. The average Bonchev–Trinajstić information content (AvgIpc) is 2.38. The van der Waals surface area contributed by atoms with E-state index in [-0.39, 0.29) is 5.91 Å². The SMILES string of the molecule is Cc1ccc(CNC(=O)c2ccc[nH]c2=S)c(C)c1. The van der Waals surface area contributed by atoms with E-state index in [2.05, 4.69) is 23.3 Å². The standard InChI is InChI=1S/C15H16N2OS/c1-10-5-6-12(11(2)8-10)9-17-14(18)13-4-3-7-16-15(13)19/h3-8H,9H2,1-2H3,(H,16,19)(H,17,18). The number of hydrogen-bond acceptors (Lipinski definition) is 2.